The molecule has 0 unspecified atom stereocenters. The zero-order chi connectivity index (χ0) is 14.7. The van der Waals surface area contributed by atoms with Gasteiger partial charge in [-0.2, -0.15) is 0 Å². The lowest BCUT2D eigenvalue weighted by Gasteiger charge is -2.09. The van der Waals surface area contributed by atoms with Crippen molar-refractivity contribution in [3.8, 4) is 5.75 Å². The number of nitrogens with two attached hydrogens (primary N) is 1. The molecule has 0 aliphatic carbocycles. The molecule has 3 nitrogen and oxygen atoms in total. The van der Waals surface area contributed by atoms with Gasteiger partial charge in [0.25, 0.3) is 0 Å². The van der Waals surface area contributed by atoms with E-state index in [4.69, 9.17) is 22.7 Å². The summed E-state index contributed by atoms with van der Waals surface area (Å²) in [5.74, 6) is 0.772. The van der Waals surface area contributed by atoms with Gasteiger partial charge in [-0.3, -0.25) is 4.98 Å². The van der Waals surface area contributed by atoms with E-state index in [0.717, 1.165) is 27.8 Å². The molecule has 0 fully saturated rings. The standard InChI is InChI=1S/C17H14N2OS/c18-17(21)14-6-1-4-12(10-14)11-20-15-8-2-5-13-7-3-9-19-16(13)15/h1-10H,11H2,(H2,18,21). The molecule has 1 heterocycles. The third kappa shape index (κ3) is 3.01. The summed E-state index contributed by atoms with van der Waals surface area (Å²) in [5.41, 5.74) is 8.38. The summed E-state index contributed by atoms with van der Waals surface area (Å²) in [6.07, 6.45) is 1.77. The van der Waals surface area contributed by atoms with E-state index in [1.54, 1.807) is 6.20 Å². The maximum atomic E-state index is 5.89. The topological polar surface area (TPSA) is 48.1 Å². The predicted octanol–water partition coefficient (Wildman–Crippen LogP) is 3.45. The molecular weight excluding hydrogens is 280 g/mol. The average Bonchev–Trinajstić information content (AvgIpc) is 2.53. The number of para-hydroxylation sites is 1. The second-order valence-corrected chi connectivity index (χ2v) is 5.12. The van der Waals surface area contributed by atoms with Crippen molar-refractivity contribution in [3.05, 3.63) is 71.9 Å². The minimum absolute atomic E-state index is 0.392. The van der Waals surface area contributed by atoms with Crippen LogP contribution in [0.2, 0.25) is 0 Å². The van der Waals surface area contributed by atoms with Gasteiger partial charge in [-0.1, -0.05) is 48.6 Å². The summed E-state index contributed by atoms with van der Waals surface area (Å²) in [5, 5.41) is 1.06. The second kappa shape index (κ2) is 5.89. The second-order valence-electron chi connectivity index (χ2n) is 4.68. The summed E-state index contributed by atoms with van der Waals surface area (Å²) < 4.78 is 5.89. The molecule has 2 N–H and O–H groups in total. The molecule has 0 spiro atoms. The number of ether oxygens (including phenoxy) is 1. The van der Waals surface area contributed by atoms with Crippen LogP contribution in [0.25, 0.3) is 10.9 Å². The van der Waals surface area contributed by atoms with E-state index < -0.39 is 0 Å². The highest BCUT2D eigenvalue weighted by molar-refractivity contribution is 7.80. The van der Waals surface area contributed by atoms with Gasteiger partial charge < -0.3 is 10.5 Å². The molecule has 2 aromatic carbocycles. The molecule has 0 amide bonds. The maximum Gasteiger partial charge on any atom is 0.146 e. The quantitative estimate of drug-likeness (QED) is 0.749. The van der Waals surface area contributed by atoms with E-state index in [9.17, 15) is 0 Å². The first-order valence-electron chi connectivity index (χ1n) is 6.59. The lowest BCUT2D eigenvalue weighted by Crippen LogP contribution is -2.09. The van der Waals surface area contributed by atoms with E-state index in [0.29, 0.717) is 11.6 Å². The van der Waals surface area contributed by atoms with Gasteiger partial charge in [0, 0.05) is 17.1 Å². The summed E-state index contributed by atoms with van der Waals surface area (Å²) in [6.45, 7) is 0.451. The van der Waals surface area contributed by atoms with Crippen LogP contribution in [0.3, 0.4) is 0 Å². The Kier molecular flexibility index (Phi) is 3.79. The molecule has 21 heavy (non-hydrogen) atoms. The Hall–Kier alpha value is -2.46. The Labute approximate surface area is 128 Å². The summed E-state index contributed by atoms with van der Waals surface area (Å²) >= 11 is 4.99. The number of nitrogens with zero attached hydrogens (tertiary/aromatic N) is 1. The minimum atomic E-state index is 0.392. The normalized spacial score (nSPS) is 10.5. The van der Waals surface area contributed by atoms with Crippen molar-refractivity contribution in [3.63, 3.8) is 0 Å². The lowest BCUT2D eigenvalue weighted by atomic mass is 10.1. The minimum Gasteiger partial charge on any atom is -0.487 e. The Bertz CT molecular complexity index is 796. The number of aromatic nitrogens is 1. The third-order valence-corrected chi connectivity index (χ3v) is 3.44. The van der Waals surface area contributed by atoms with E-state index in [-0.39, 0.29) is 0 Å². The number of rotatable bonds is 4. The van der Waals surface area contributed by atoms with Crippen LogP contribution in [-0.4, -0.2) is 9.97 Å². The van der Waals surface area contributed by atoms with Gasteiger partial charge in [0.15, 0.2) is 0 Å². The zero-order valence-electron chi connectivity index (χ0n) is 11.3. The van der Waals surface area contributed by atoms with Crippen molar-refractivity contribution in [1.82, 2.24) is 4.98 Å². The molecule has 3 rings (SSSR count). The fourth-order valence-electron chi connectivity index (χ4n) is 2.17. The number of benzene rings is 2. The fourth-order valence-corrected chi connectivity index (χ4v) is 2.30. The van der Waals surface area contributed by atoms with E-state index in [2.05, 4.69) is 4.98 Å². The molecule has 0 aliphatic rings. The SMILES string of the molecule is NC(=S)c1cccc(COc2cccc3cccnc23)c1. The van der Waals surface area contributed by atoms with Crippen LogP contribution in [0.15, 0.2) is 60.8 Å². The molecule has 0 aliphatic heterocycles. The zero-order valence-corrected chi connectivity index (χ0v) is 12.1. The van der Waals surface area contributed by atoms with Crippen LogP contribution < -0.4 is 10.5 Å². The highest BCUT2D eigenvalue weighted by atomic mass is 32.1. The number of fused-ring (bicyclic) bond motifs is 1. The molecule has 3 aromatic rings. The van der Waals surface area contributed by atoms with Gasteiger partial charge in [0.1, 0.15) is 22.9 Å². The van der Waals surface area contributed by atoms with Crippen molar-refractivity contribution in [2.75, 3.05) is 0 Å². The Morgan fingerprint density at radius 1 is 1.10 bits per heavy atom. The first kappa shape index (κ1) is 13.5. The van der Waals surface area contributed by atoms with Crippen LogP contribution in [0, 0.1) is 0 Å². The van der Waals surface area contributed by atoms with Gasteiger partial charge in [0.05, 0.1) is 0 Å². The first-order chi connectivity index (χ1) is 10.2. The molecule has 0 radical (unpaired) electrons. The smallest absolute Gasteiger partial charge is 0.146 e. The molecular formula is C17H14N2OS. The monoisotopic (exact) mass is 294 g/mol. The largest absolute Gasteiger partial charge is 0.487 e. The van der Waals surface area contributed by atoms with Gasteiger partial charge in [-0.05, 0) is 23.8 Å². The van der Waals surface area contributed by atoms with Gasteiger partial charge >= 0.3 is 0 Å². The van der Waals surface area contributed by atoms with Crippen LogP contribution in [-0.2, 0) is 6.61 Å². The fraction of sp³-hybridized carbons (Fsp3) is 0.0588. The lowest BCUT2D eigenvalue weighted by molar-refractivity contribution is 0.309. The van der Waals surface area contributed by atoms with Gasteiger partial charge in [-0.25, -0.2) is 0 Å². The van der Waals surface area contributed by atoms with Crippen LogP contribution >= 0.6 is 12.2 Å². The van der Waals surface area contributed by atoms with Crippen LogP contribution in [0.4, 0.5) is 0 Å². The molecule has 0 saturated carbocycles. The molecule has 0 bridgehead atoms. The van der Waals surface area contributed by atoms with Crippen molar-refractivity contribution < 1.29 is 4.74 Å². The highest BCUT2D eigenvalue weighted by Crippen LogP contribution is 2.23. The van der Waals surface area contributed by atoms with Gasteiger partial charge in [-0.15, -0.1) is 0 Å². The number of hydrogen-bond acceptors (Lipinski definition) is 3. The Morgan fingerprint density at radius 2 is 1.90 bits per heavy atom. The van der Waals surface area contributed by atoms with Crippen molar-refractivity contribution in [1.29, 1.82) is 0 Å². The Morgan fingerprint density at radius 3 is 2.76 bits per heavy atom. The van der Waals surface area contributed by atoms with Gasteiger partial charge in [0.2, 0.25) is 0 Å². The van der Waals surface area contributed by atoms with Crippen LogP contribution in [0.1, 0.15) is 11.1 Å². The molecule has 0 atom stereocenters. The number of hydrogen-bond donors (Lipinski definition) is 1. The molecule has 4 heteroatoms. The molecule has 1 aromatic heterocycles. The van der Waals surface area contributed by atoms with Crippen LogP contribution in [0.5, 0.6) is 5.75 Å². The third-order valence-electron chi connectivity index (χ3n) is 3.20. The van der Waals surface area contributed by atoms with E-state index in [1.165, 1.54) is 0 Å². The van der Waals surface area contributed by atoms with Crippen molar-refractivity contribution in [2.24, 2.45) is 5.73 Å². The summed E-state index contributed by atoms with van der Waals surface area (Å²) in [6, 6.07) is 17.6. The Balaban J connectivity index is 1.84. The van der Waals surface area contributed by atoms with E-state index >= 15 is 0 Å². The van der Waals surface area contributed by atoms with Crippen molar-refractivity contribution >= 4 is 28.1 Å². The predicted molar refractivity (Wildman–Crippen MR) is 88.4 cm³/mol. The van der Waals surface area contributed by atoms with Crippen molar-refractivity contribution in [2.45, 2.75) is 6.61 Å². The molecule has 104 valence electrons. The average molecular weight is 294 g/mol. The first-order valence-corrected chi connectivity index (χ1v) is 7.00. The highest BCUT2D eigenvalue weighted by Gasteiger charge is 2.04. The van der Waals surface area contributed by atoms with E-state index in [1.807, 2.05) is 54.6 Å². The summed E-state index contributed by atoms with van der Waals surface area (Å²) in [4.78, 5) is 4.77. The summed E-state index contributed by atoms with van der Waals surface area (Å²) in [7, 11) is 0. The molecule has 0 saturated heterocycles. The number of pyridine rings is 1. The number of thiocarbonyl (C=S) groups is 1. The maximum absolute atomic E-state index is 5.89.